The Kier molecular flexibility index (Phi) is 3.23. The predicted octanol–water partition coefficient (Wildman–Crippen LogP) is 4.37. The van der Waals surface area contributed by atoms with Crippen molar-refractivity contribution >= 4 is 11.1 Å². The standard InChI is InChI=1S/C19H18N4O/c1-19(2,3)14-6-4-13(5-7-14)18-22-16-10-15(8-9-17(16)24-18)23-11-20-21-12-23/h4-12H,1-3H3. The first-order valence-electron chi connectivity index (χ1n) is 7.87. The minimum Gasteiger partial charge on any atom is -0.436 e. The molecule has 2 aromatic carbocycles. The summed E-state index contributed by atoms with van der Waals surface area (Å²) in [6.45, 7) is 6.61. The van der Waals surface area contributed by atoms with E-state index in [1.165, 1.54) is 5.56 Å². The van der Waals surface area contributed by atoms with Crippen molar-refractivity contribution in [2.75, 3.05) is 0 Å². The highest BCUT2D eigenvalue weighted by Gasteiger charge is 2.14. The van der Waals surface area contributed by atoms with Crippen LogP contribution in [-0.4, -0.2) is 19.7 Å². The lowest BCUT2D eigenvalue weighted by Gasteiger charge is -2.18. The summed E-state index contributed by atoms with van der Waals surface area (Å²) >= 11 is 0. The summed E-state index contributed by atoms with van der Waals surface area (Å²) in [7, 11) is 0. The first-order valence-corrected chi connectivity index (χ1v) is 7.87. The van der Waals surface area contributed by atoms with Crippen molar-refractivity contribution in [1.82, 2.24) is 19.7 Å². The molecule has 0 spiro atoms. The van der Waals surface area contributed by atoms with E-state index in [9.17, 15) is 0 Å². The Labute approximate surface area is 140 Å². The van der Waals surface area contributed by atoms with Crippen LogP contribution < -0.4 is 0 Å². The monoisotopic (exact) mass is 318 g/mol. The van der Waals surface area contributed by atoms with Crippen LogP contribution in [0.4, 0.5) is 0 Å². The molecule has 5 nitrogen and oxygen atoms in total. The van der Waals surface area contributed by atoms with Gasteiger partial charge in [0, 0.05) is 5.56 Å². The lowest BCUT2D eigenvalue weighted by Crippen LogP contribution is -2.10. The molecule has 2 aromatic heterocycles. The molecule has 0 amide bonds. The van der Waals surface area contributed by atoms with Gasteiger partial charge >= 0.3 is 0 Å². The molecule has 0 atom stereocenters. The van der Waals surface area contributed by atoms with Crippen molar-refractivity contribution < 1.29 is 4.42 Å². The van der Waals surface area contributed by atoms with Crippen molar-refractivity contribution in [3.8, 4) is 17.1 Å². The lowest BCUT2D eigenvalue weighted by molar-refractivity contribution is 0.589. The van der Waals surface area contributed by atoms with Gasteiger partial charge in [0.2, 0.25) is 5.89 Å². The van der Waals surface area contributed by atoms with Crippen LogP contribution in [0.5, 0.6) is 0 Å². The number of benzene rings is 2. The summed E-state index contributed by atoms with van der Waals surface area (Å²) in [5.41, 5.74) is 4.93. The van der Waals surface area contributed by atoms with Gasteiger partial charge in [0.05, 0.1) is 5.69 Å². The Morgan fingerprint density at radius 1 is 0.917 bits per heavy atom. The summed E-state index contributed by atoms with van der Waals surface area (Å²) < 4.78 is 7.74. The van der Waals surface area contributed by atoms with E-state index in [0.717, 1.165) is 22.4 Å². The second kappa shape index (κ2) is 5.30. The van der Waals surface area contributed by atoms with Crippen LogP contribution in [0, 0.1) is 0 Å². The summed E-state index contributed by atoms with van der Waals surface area (Å²) in [6, 6.07) is 14.2. The van der Waals surface area contributed by atoms with Gasteiger partial charge in [-0.05, 0) is 41.3 Å². The third-order valence-corrected chi connectivity index (χ3v) is 4.09. The topological polar surface area (TPSA) is 56.7 Å². The van der Waals surface area contributed by atoms with Crippen LogP contribution in [0.3, 0.4) is 0 Å². The minimum absolute atomic E-state index is 0.133. The molecule has 0 unspecified atom stereocenters. The van der Waals surface area contributed by atoms with Gasteiger partial charge in [-0.2, -0.15) is 0 Å². The summed E-state index contributed by atoms with van der Waals surface area (Å²) in [5, 5.41) is 7.66. The van der Waals surface area contributed by atoms with Crippen LogP contribution in [0.25, 0.3) is 28.2 Å². The third kappa shape index (κ3) is 2.58. The number of rotatable bonds is 2. The van der Waals surface area contributed by atoms with E-state index in [4.69, 9.17) is 4.42 Å². The van der Waals surface area contributed by atoms with Gasteiger partial charge in [0.25, 0.3) is 0 Å². The van der Waals surface area contributed by atoms with Gasteiger partial charge in [-0.15, -0.1) is 10.2 Å². The number of nitrogens with zero attached hydrogens (tertiary/aromatic N) is 4. The third-order valence-electron chi connectivity index (χ3n) is 4.09. The minimum atomic E-state index is 0.133. The molecule has 0 aliphatic rings. The zero-order valence-electron chi connectivity index (χ0n) is 13.9. The van der Waals surface area contributed by atoms with Crippen LogP contribution in [0.1, 0.15) is 26.3 Å². The molecule has 4 aromatic rings. The molecule has 0 fully saturated rings. The van der Waals surface area contributed by atoms with E-state index in [2.05, 4.69) is 60.2 Å². The van der Waals surface area contributed by atoms with Crippen molar-refractivity contribution in [3.05, 3.63) is 60.7 Å². The molecular weight excluding hydrogens is 300 g/mol. The van der Waals surface area contributed by atoms with E-state index < -0.39 is 0 Å². The van der Waals surface area contributed by atoms with E-state index in [1.54, 1.807) is 12.7 Å². The number of oxazole rings is 1. The first-order chi connectivity index (χ1) is 11.5. The van der Waals surface area contributed by atoms with E-state index in [-0.39, 0.29) is 5.41 Å². The smallest absolute Gasteiger partial charge is 0.227 e. The first kappa shape index (κ1) is 14.6. The summed E-state index contributed by atoms with van der Waals surface area (Å²) in [5.74, 6) is 0.631. The Morgan fingerprint density at radius 3 is 2.29 bits per heavy atom. The molecule has 2 heterocycles. The second-order valence-corrected chi connectivity index (χ2v) is 6.87. The fourth-order valence-electron chi connectivity index (χ4n) is 2.65. The van der Waals surface area contributed by atoms with Gasteiger partial charge in [-0.25, -0.2) is 4.98 Å². The van der Waals surface area contributed by atoms with Gasteiger partial charge in [0.15, 0.2) is 5.58 Å². The van der Waals surface area contributed by atoms with Gasteiger partial charge in [0.1, 0.15) is 18.2 Å². The van der Waals surface area contributed by atoms with Crippen molar-refractivity contribution in [3.63, 3.8) is 0 Å². The number of hydrogen-bond donors (Lipinski definition) is 0. The second-order valence-electron chi connectivity index (χ2n) is 6.87. The van der Waals surface area contributed by atoms with Gasteiger partial charge < -0.3 is 4.42 Å². The van der Waals surface area contributed by atoms with E-state index in [1.807, 2.05) is 22.8 Å². The van der Waals surface area contributed by atoms with Crippen LogP contribution in [0.2, 0.25) is 0 Å². The molecule has 24 heavy (non-hydrogen) atoms. The van der Waals surface area contributed by atoms with E-state index in [0.29, 0.717) is 5.89 Å². The summed E-state index contributed by atoms with van der Waals surface area (Å²) in [4.78, 5) is 4.62. The highest BCUT2D eigenvalue weighted by atomic mass is 16.3. The molecule has 0 N–H and O–H groups in total. The normalized spacial score (nSPS) is 12.0. The molecule has 120 valence electrons. The average Bonchev–Trinajstić information content (AvgIpc) is 3.23. The molecule has 0 bridgehead atoms. The number of aromatic nitrogens is 4. The van der Waals surface area contributed by atoms with Crippen molar-refractivity contribution in [2.24, 2.45) is 0 Å². The number of hydrogen-bond acceptors (Lipinski definition) is 4. The molecule has 4 rings (SSSR count). The number of fused-ring (bicyclic) bond motifs is 1. The largest absolute Gasteiger partial charge is 0.436 e. The molecule has 5 heteroatoms. The molecule has 0 aliphatic heterocycles. The van der Waals surface area contributed by atoms with Crippen molar-refractivity contribution in [2.45, 2.75) is 26.2 Å². The van der Waals surface area contributed by atoms with Crippen LogP contribution in [-0.2, 0) is 5.41 Å². The fourth-order valence-corrected chi connectivity index (χ4v) is 2.65. The fraction of sp³-hybridized carbons (Fsp3) is 0.211. The Bertz CT molecular complexity index is 977. The quantitative estimate of drug-likeness (QED) is 0.550. The zero-order valence-corrected chi connectivity index (χ0v) is 13.9. The predicted molar refractivity (Wildman–Crippen MR) is 93.1 cm³/mol. The van der Waals surface area contributed by atoms with Crippen molar-refractivity contribution in [1.29, 1.82) is 0 Å². The summed E-state index contributed by atoms with van der Waals surface area (Å²) in [6.07, 6.45) is 3.32. The van der Waals surface area contributed by atoms with Crippen LogP contribution >= 0.6 is 0 Å². The average molecular weight is 318 g/mol. The SMILES string of the molecule is CC(C)(C)c1ccc(-c2nc3cc(-n4cnnc4)ccc3o2)cc1. The molecule has 0 radical (unpaired) electrons. The highest BCUT2D eigenvalue weighted by molar-refractivity contribution is 5.78. The molecule has 0 saturated heterocycles. The molecule has 0 aliphatic carbocycles. The highest BCUT2D eigenvalue weighted by Crippen LogP contribution is 2.28. The Hall–Kier alpha value is -2.95. The molecular formula is C19H18N4O. The maximum Gasteiger partial charge on any atom is 0.227 e. The van der Waals surface area contributed by atoms with E-state index >= 15 is 0 Å². The maximum absolute atomic E-state index is 5.90. The Morgan fingerprint density at radius 2 is 1.62 bits per heavy atom. The van der Waals surface area contributed by atoms with Gasteiger partial charge in [-0.1, -0.05) is 32.9 Å². The molecule has 0 saturated carbocycles. The van der Waals surface area contributed by atoms with Gasteiger partial charge in [-0.3, -0.25) is 4.57 Å². The van der Waals surface area contributed by atoms with Crippen LogP contribution in [0.15, 0.2) is 59.5 Å². The Balaban J connectivity index is 1.72. The lowest BCUT2D eigenvalue weighted by atomic mass is 9.87. The maximum atomic E-state index is 5.90. The zero-order chi connectivity index (χ0) is 16.7.